The van der Waals surface area contributed by atoms with E-state index in [4.69, 9.17) is 4.74 Å². The number of thiophene rings is 2. The van der Waals surface area contributed by atoms with E-state index < -0.39 is 12.6 Å². The molecule has 3 aromatic carbocycles. The molecule has 6 nitrogen and oxygen atoms in total. The Morgan fingerprint density at radius 3 is 1.90 bits per heavy atom. The fourth-order valence-electron chi connectivity index (χ4n) is 4.19. The van der Waals surface area contributed by atoms with Crippen LogP contribution in [-0.2, 0) is 22.6 Å². The molecule has 0 bridgehead atoms. The molecule has 0 radical (unpaired) electrons. The second kappa shape index (κ2) is 13.0. The molecule has 40 heavy (non-hydrogen) atoms. The number of benzene rings is 3. The Labute approximate surface area is 240 Å². The van der Waals surface area contributed by atoms with Crippen molar-refractivity contribution in [3.05, 3.63) is 135 Å². The Bertz CT molecular complexity index is 1530. The molecular weight excluding hydrogens is 540 g/mol. The summed E-state index contributed by atoms with van der Waals surface area (Å²) in [5.74, 6) is -1.30. The Morgan fingerprint density at radius 1 is 0.725 bits per heavy atom. The van der Waals surface area contributed by atoms with Crippen LogP contribution in [0.25, 0.3) is 11.1 Å². The number of hydrogen-bond acceptors (Lipinski definition) is 6. The van der Waals surface area contributed by atoms with Crippen molar-refractivity contribution in [1.82, 2.24) is 4.90 Å². The standard InChI is InChI=1S/C32H26N2O4S2/c35-28(34(19-23-11-4-1-5-12-23)20-24-13-6-2-7-14-24)21-38-32(37)29-26(25-15-8-3-9-16-25)22-40-31(29)33-30(36)27-17-10-18-39-27/h1-18,22H,19-21H2,(H,33,36). The van der Waals surface area contributed by atoms with Crippen molar-refractivity contribution in [2.24, 2.45) is 0 Å². The topological polar surface area (TPSA) is 75.7 Å². The Morgan fingerprint density at radius 2 is 1.32 bits per heavy atom. The quantitative estimate of drug-likeness (QED) is 0.183. The van der Waals surface area contributed by atoms with Gasteiger partial charge in [-0.2, -0.15) is 0 Å². The molecule has 200 valence electrons. The fourth-order valence-corrected chi connectivity index (χ4v) is 5.76. The van der Waals surface area contributed by atoms with Gasteiger partial charge in [0.05, 0.1) is 4.88 Å². The predicted molar refractivity (Wildman–Crippen MR) is 159 cm³/mol. The summed E-state index contributed by atoms with van der Waals surface area (Å²) in [5, 5.41) is 6.86. The van der Waals surface area contributed by atoms with Gasteiger partial charge in [0.1, 0.15) is 10.6 Å². The van der Waals surface area contributed by atoms with Gasteiger partial charge in [0.25, 0.3) is 11.8 Å². The number of hydrogen-bond donors (Lipinski definition) is 1. The van der Waals surface area contributed by atoms with E-state index in [-0.39, 0.29) is 17.4 Å². The van der Waals surface area contributed by atoms with Gasteiger partial charge in [0.2, 0.25) is 0 Å². The van der Waals surface area contributed by atoms with Gasteiger partial charge < -0.3 is 15.0 Å². The lowest BCUT2D eigenvalue weighted by atomic mass is 10.0. The van der Waals surface area contributed by atoms with E-state index >= 15 is 0 Å². The number of anilines is 1. The molecule has 0 atom stereocenters. The van der Waals surface area contributed by atoms with E-state index in [1.165, 1.54) is 22.7 Å². The lowest BCUT2D eigenvalue weighted by Gasteiger charge is -2.23. The van der Waals surface area contributed by atoms with Crippen molar-refractivity contribution < 1.29 is 19.1 Å². The molecule has 5 aromatic rings. The van der Waals surface area contributed by atoms with Crippen molar-refractivity contribution >= 4 is 45.5 Å². The molecule has 0 saturated heterocycles. The number of carbonyl (C=O) groups excluding carboxylic acids is 3. The number of carbonyl (C=O) groups is 3. The van der Waals surface area contributed by atoms with Crippen molar-refractivity contribution in [3.8, 4) is 11.1 Å². The first-order valence-electron chi connectivity index (χ1n) is 12.6. The molecule has 0 unspecified atom stereocenters. The third-order valence-corrected chi connectivity index (χ3v) is 7.93. The molecule has 2 aromatic heterocycles. The molecule has 2 amide bonds. The minimum Gasteiger partial charge on any atom is -0.452 e. The summed E-state index contributed by atoms with van der Waals surface area (Å²) in [6.07, 6.45) is 0. The van der Waals surface area contributed by atoms with Crippen LogP contribution < -0.4 is 5.32 Å². The maximum Gasteiger partial charge on any atom is 0.342 e. The number of esters is 1. The Balaban J connectivity index is 1.36. The summed E-state index contributed by atoms with van der Waals surface area (Å²) in [7, 11) is 0. The van der Waals surface area contributed by atoms with Crippen LogP contribution in [-0.4, -0.2) is 29.3 Å². The maximum absolute atomic E-state index is 13.5. The summed E-state index contributed by atoms with van der Waals surface area (Å²) in [6, 6.07) is 32.3. The van der Waals surface area contributed by atoms with Crippen molar-refractivity contribution in [2.75, 3.05) is 11.9 Å². The first kappa shape index (κ1) is 27.1. The van der Waals surface area contributed by atoms with Crippen LogP contribution in [0.2, 0.25) is 0 Å². The molecular formula is C32H26N2O4S2. The maximum atomic E-state index is 13.5. The average molecular weight is 567 g/mol. The SMILES string of the molecule is O=C(Nc1scc(-c2ccccc2)c1C(=O)OCC(=O)N(Cc1ccccc1)Cc1ccccc1)c1cccs1. The third-order valence-electron chi connectivity index (χ3n) is 6.16. The second-order valence-corrected chi connectivity index (χ2v) is 10.8. The van der Waals surface area contributed by atoms with E-state index in [2.05, 4.69) is 5.32 Å². The van der Waals surface area contributed by atoms with Crippen LogP contribution in [0, 0.1) is 0 Å². The van der Waals surface area contributed by atoms with Crippen LogP contribution in [0.4, 0.5) is 5.00 Å². The molecule has 0 spiro atoms. The number of amides is 2. The van der Waals surface area contributed by atoms with Crippen LogP contribution in [0.1, 0.15) is 31.2 Å². The van der Waals surface area contributed by atoms with Gasteiger partial charge in [0.15, 0.2) is 6.61 Å². The number of ether oxygens (including phenoxy) is 1. The highest BCUT2D eigenvalue weighted by Crippen LogP contribution is 2.36. The van der Waals surface area contributed by atoms with E-state index in [0.29, 0.717) is 28.5 Å². The van der Waals surface area contributed by atoms with Crippen molar-refractivity contribution in [3.63, 3.8) is 0 Å². The van der Waals surface area contributed by atoms with E-state index in [1.807, 2.05) is 102 Å². The van der Waals surface area contributed by atoms with E-state index in [1.54, 1.807) is 17.0 Å². The molecule has 2 heterocycles. The van der Waals surface area contributed by atoms with Gasteiger partial charge >= 0.3 is 5.97 Å². The monoisotopic (exact) mass is 566 g/mol. The number of rotatable bonds is 10. The largest absolute Gasteiger partial charge is 0.452 e. The van der Waals surface area contributed by atoms with E-state index in [0.717, 1.165) is 16.7 Å². The first-order chi connectivity index (χ1) is 19.6. The summed E-state index contributed by atoms with van der Waals surface area (Å²) >= 11 is 2.56. The highest BCUT2D eigenvalue weighted by Gasteiger charge is 2.25. The molecule has 5 rings (SSSR count). The molecule has 0 aliphatic rings. The van der Waals surface area contributed by atoms with Gasteiger partial charge in [-0.05, 0) is 28.1 Å². The van der Waals surface area contributed by atoms with Crippen LogP contribution in [0.3, 0.4) is 0 Å². The van der Waals surface area contributed by atoms with Crippen LogP contribution >= 0.6 is 22.7 Å². The smallest absolute Gasteiger partial charge is 0.342 e. The summed E-state index contributed by atoms with van der Waals surface area (Å²) in [4.78, 5) is 41.9. The minimum atomic E-state index is -0.672. The summed E-state index contributed by atoms with van der Waals surface area (Å²) in [5.41, 5.74) is 3.62. The molecule has 0 saturated carbocycles. The fraction of sp³-hybridized carbons (Fsp3) is 0.0938. The Hall–Kier alpha value is -4.53. The first-order valence-corrected chi connectivity index (χ1v) is 14.4. The van der Waals surface area contributed by atoms with Gasteiger partial charge in [0, 0.05) is 24.0 Å². The molecule has 8 heteroatoms. The Kier molecular flexibility index (Phi) is 8.80. The van der Waals surface area contributed by atoms with E-state index in [9.17, 15) is 14.4 Å². The zero-order valence-electron chi connectivity index (χ0n) is 21.5. The molecule has 0 aliphatic heterocycles. The minimum absolute atomic E-state index is 0.228. The molecule has 1 N–H and O–H groups in total. The van der Waals surface area contributed by atoms with Gasteiger partial charge in [-0.15, -0.1) is 22.7 Å². The molecule has 0 aliphatic carbocycles. The lowest BCUT2D eigenvalue weighted by Crippen LogP contribution is -2.34. The number of nitrogens with zero attached hydrogens (tertiary/aromatic N) is 1. The zero-order valence-corrected chi connectivity index (χ0v) is 23.1. The summed E-state index contributed by atoms with van der Waals surface area (Å²) < 4.78 is 5.61. The molecule has 0 fully saturated rings. The predicted octanol–water partition coefficient (Wildman–Crippen LogP) is 7.11. The van der Waals surface area contributed by atoms with Crippen LogP contribution in [0.5, 0.6) is 0 Å². The third kappa shape index (κ3) is 6.72. The van der Waals surface area contributed by atoms with Gasteiger partial charge in [-0.25, -0.2) is 4.79 Å². The lowest BCUT2D eigenvalue weighted by molar-refractivity contribution is -0.135. The second-order valence-electron chi connectivity index (χ2n) is 8.95. The van der Waals surface area contributed by atoms with Crippen LogP contribution in [0.15, 0.2) is 114 Å². The van der Waals surface area contributed by atoms with Crippen molar-refractivity contribution in [2.45, 2.75) is 13.1 Å². The number of nitrogens with one attached hydrogen (secondary N) is 1. The average Bonchev–Trinajstić information content (AvgIpc) is 3.68. The summed E-state index contributed by atoms with van der Waals surface area (Å²) in [6.45, 7) is 0.324. The van der Waals surface area contributed by atoms with Crippen molar-refractivity contribution in [1.29, 1.82) is 0 Å². The van der Waals surface area contributed by atoms with Gasteiger partial charge in [-0.1, -0.05) is 97.1 Å². The normalized spacial score (nSPS) is 10.6. The zero-order chi connectivity index (χ0) is 27.7. The highest BCUT2D eigenvalue weighted by atomic mass is 32.1. The van der Waals surface area contributed by atoms with Gasteiger partial charge in [-0.3, -0.25) is 9.59 Å². The highest BCUT2D eigenvalue weighted by molar-refractivity contribution is 7.15.